The van der Waals surface area contributed by atoms with Gasteiger partial charge >= 0.3 is 12.1 Å². The van der Waals surface area contributed by atoms with Gasteiger partial charge in [-0.3, -0.25) is 9.59 Å². The molecule has 8 heteroatoms. The fraction of sp³-hybridized carbons (Fsp3) is 0.833. The third-order valence-corrected chi connectivity index (χ3v) is 3.15. The molecule has 0 aromatic carbocycles. The number of nitrogens with zero attached hydrogens (tertiary/aromatic N) is 1. The van der Waals surface area contributed by atoms with E-state index in [0.717, 1.165) is 0 Å². The molecular weight excluding hydrogens is 279 g/mol. The fourth-order valence-corrected chi connectivity index (χ4v) is 2.21. The van der Waals surface area contributed by atoms with Gasteiger partial charge in [-0.15, -0.1) is 0 Å². The summed E-state index contributed by atoms with van der Waals surface area (Å²) in [6.45, 7) is -1.23. The van der Waals surface area contributed by atoms with Crippen LogP contribution in [0.2, 0.25) is 0 Å². The van der Waals surface area contributed by atoms with Crippen LogP contribution < -0.4 is 0 Å². The summed E-state index contributed by atoms with van der Waals surface area (Å²) >= 11 is 0. The number of carboxylic acid groups (broad SMARTS) is 1. The molecule has 0 aromatic heterocycles. The van der Waals surface area contributed by atoms with Crippen LogP contribution in [0.1, 0.15) is 25.7 Å². The van der Waals surface area contributed by atoms with Crippen molar-refractivity contribution in [2.45, 2.75) is 31.9 Å². The van der Waals surface area contributed by atoms with Crippen LogP contribution in [-0.2, 0) is 14.3 Å². The Kier molecular flexibility index (Phi) is 6.25. The Morgan fingerprint density at radius 2 is 1.95 bits per heavy atom. The number of carboxylic acids is 1. The monoisotopic (exact) mass is 297 g/mol. The first kappa shape index (κ1) is 16.7. The summed E-state index contributed by atoms with van der Waals surface area (Å²) in [5.74, 6) is -1.34. The van der Waals surface area contributed by atoms with Gasteiger partial charge in [0.05, 0.1) is 0 Å². The molecule has 1 unspecified atom stereocenters. The summed E-state index contributed by atoms with van der Waals surface area (Å²) in [5, 5.41) is 8.72. The summed E-state index contributed by atoms with van der Waals surface area (Å²) in [6.07, 6.45) is -2.46. The third-order valence-electron chi connectivity index (χ3n) is 3.15. The summed E-state index contributed by atoms with van der Waals surface area (Å²) in [4.78, 5) is 23.7. The number of aliphatic carboxylic acids is 1. The minimum absolute atomic E-state index is 0.0152. The SMILES string of the molecule is O=C(O)CC1CCCN(C(=O)COCC(F)(F)F)CC1. The molecule has 1 aliphatic heterocycles. The molecule has 5 nitrogen and oxygen atoms in total. The van der Waals surface area contributed by atoms with Crippen LogP contribution in [0.5, 0.6) is 0 Å². The first-order valence-corrected chi connectivity index (χ1v) is 6.42. The summed E-state index contributed by atoms with van der Waals surface area (Å²) in [5.41, 5.74) is 0. The van der Waals surface area contributed by atoms with Crippen molar-refractivity contribution in [3.05, 3.63) is 0 Å². The highest BCUT2D eigenvalue weighted by Gasteiger charge is 2.28. The van der Waals surface area contributed by atoms with Crippen LogP contribution in [0.15, 0.2) is 0 Å². The lowest BCUT2D eigenvalue weighted by atomic mass is 9.97. The standard InChI is InChI=1S/C12H18F3NO4/c13-12(14,15)8-20-7-10(17)16-4-1-2-9(3-5-16)6-11(18)19/h9H,1-8H2,(H,18,19). The molecule has 0 radical (unpaired) electrons. The van der Waals surface area contributed by atoms with Crippen molar-refractivity contribution >= 4 is 11.9 Å². The number of rotatable bonds is 5. The highest BCUT2D eigenvalue weighted by Crippen LogP contribution is 2.21. The molecule has 1 atom stereocenters. The number of carbonyl (C=O) groups is 2. The summed E-state index contributed by atoms with van der Waals surface area (Å²) in [6, 6.07) is 0. The second kappa shape index (κ2) is 7.47. The third kappa shape index (κ3) is 6.74. The zero-order valence-electron chi connectivity index (χ0n) is 11.0. The fourth-order valence-electron chi connectivity index (χ4n) is 2.21. The Morgan fingerprint density at radius 1 is 1.25 bits per heavy atom. The molecule has 0 aromatic rings. The van der Waals surface area contributed by atoms with Gasteiger partial charge in [0.25, 0.3) is 0 Å². The van der Waals surface area contributed by atoms with Gasteiger partial charge in [0.1, 0.15) is 13.2 Å². The molecule has 0 bridgehead atoms. The maximum Gasteiger partial charge on any atom is 0.411 e. The molecule has 20 heavy (non-hydrogen) atoms. The number of hydrogen-bond acceptors (Lipinski definition) is 3. The van der Waals surface area contributed by atoms with Crippen molar-refractivity contribution < 1.29 is 32.6 Å². The van der Waals surface area contributed by atoms with E-state index >= 15 is 0 Å². The molecule has 0 spiro atoms. The minimum Gasteiger partial charge on any atom is -0.481 e. The zero-order chi connectivity index (χ0) is 15.2. The maximum absolute atomic E-state index is 11.9. The number of ether oxygens (including phenoxy) is 1. The van der Waals surface area contributed by atoms with E-state index in [1.807, 2.05) is 0 Å². The van der Waals surface area contributed by atoms with Crippen LogP contribution in [0.3, 0.4) is 0 Å². The van der Waals surface area contributed by atoms with E-state index in [1.165, 1.54) is 4.90 Å². The van der Waals surface area contributed by atoms with Gasteiger partial charge in [-0.25, -0.2) is 0 Å². The van der Waals surface area contributed by atoms with E-state index in [2.05, 4.69) is 4.74 Å². The average Bonchev–Trinajstić information content (AvgIpc) is 2.52. The molecule has 1 aliphatic rings. The number of carbonyl (C=O) groups excluding carboxylic acids is 1. The number of likely N-dealkylation sites (tertiary alicyclic amines) is 1. The molecule has 0 saturated carbocycles. The van der Waals surface area contributed by atoms with Gasteiger partial charge in [-0.05, 0) is 25.2 Å². The summed E-state index contributed by atoms with van der Waals surface area (Å²) in [7, 11) is 0. The van der Waals surface area contributed by atoms with E-state index in [1.54, 1.807) is 0 Å². The Hall–Kier alpha value is -1.31. The van der Waals surface area contributed by atoms with Crippen molar-refractivity contribution in [3.8, 4) is 0 Å². The Bertz CT molecular complexity index is 346. The van der Waals surface area contributed by atoms with Gasteiger partial charge in [0.2, 0.25) is 5.91 Å². The number of halogens is 3. The molecule has 1 N–H and O–H groups in total. The van der Waals surface area contributed by atoms with Crippen LogP contribution in [-0.4, -0.2) is 54.4 Å². The molecule has 1 saturated heterocycles. The predicted molar refractivity (Wildman–Crippen MR) is 63.0 cm³/mol. The molecule has 0 aliphatic carbocycles. The largest absolute Gasteiger partial charge is 0.481 e. The van der Waals surface area contributed by atoms with E-state index in [4.69, 9.17) is 5.11 Å². The van der Waals surface area contributed by atoms with Crippen molar-refractivity contribution in [2.75, 3.05) is 26.3 Å². The van der Waals surface area contributed by atoms with Crippen molar-refractivity contribution in [1.82, 2.24) is 4.90 Å². The van der Waals surface area contributed by atoms with Crippen molar-refractivity contribution in [2.24, 2.45) is 5.92 Å². The van der Waals surface area contributed by atoms with Crippen molar-refractivity contribution in [1.29, 1.82) is 0 Å². The van der Waals surface area contributed by atoms with Gasteiger partial charge in [0, 0.05) is 19.5 Å². The average molecular weight is 297 g/mol. The molecule has 1 amide bonds. The lowest BCUT2D eigenvalue weighted by molar-refractivity contribution is -0.177. The molecule has 1 heterocycles. The topological polar surface area (TPSA) is 66.8 Å². The Morgan fingerprint density at radius 3 is 2.55 bits per heavy atom. The number of amides is 1. The van der Waals surface area contributed by atoms with Crippen LogP contribution in [0.25, 0.3) is 0 Å². The van der Waals surface area contributed by atoms with Crippen LogP contribution >= 0.6 is 0 Å². The van der Waals surface area contributed by atoms with E-state index in [9.17, 15) is 22.8 Å². The highest BCUT2D eigenvalue weighted by atomic mass is 19.4. The van der Waals surface area contributed by atoms with Gasteiger partial charge in [0.15, 0.2) is 0 Å². The lowest BCUT2D eigenvalue weighted by Gasteiger charge is -2.20. The Labute approximate surface area is 114 Å². The smallest absolute Gasteiger partial charge is 0.411 e. The van der Waals surface area contributed by atoms with Crippen LogP contribution in [0.4, 0.5) is 13.2 Å². The van der Waals surface area contributed by atoms with E-state index < -0.39 is 31.3 Å². The lowest BCUT2D eigenvalue weighted by Crippen LogP contribution is -2.35. The number of alkyl halides is 3. The second-order valence-corrected chi connectivity index (χ2v) is 4.88. The Balaban J connectivity index is 2.33. The van der Waals surface area contributed by atoms with Gasteiger partial charge < -0.3 is 14.7 Å². The maximum atomic E-state index is 11.9. The van der Waals surface area contributed by atoms with Gasteiger partial charge in [-0.2, -0.15) is 13.2 Å². The predicted octanol–water partition coefficient (Wildman–Crippen LogP) is 1.67. The highest BCUT2D eigenvalue weighted by molar-refractivity contribution is 5.77. The number of hydrogen-bond donors (Lipinski definition) is 1. The van der Waals surface area contributed by atoms with E-state index in [0.29, 0.717) is 32.4 Å². The molecule has 1 fully saturated rings. The van der Waals surface area contributed by atoms with Crippen molar-refractivity contribution in [3.63, 3.8) is 0 Å². The van der Waals surface area contributed by atoms with E-state index in [-0.39, 0.29) is 12.3 Å². The summed E-state index contributed by atoms with van der Waals surface area (Å²) < 4.78 is 40.0. The first-order chi connectivity index (χ1) is 9.28. The second-order valence-electron chi connectivity index (χ2n) is 4.88. The minimum atomic E-state index is -4.44. The quantitative estimate of drug-likeness (QED) is 0.838. The first-order valence-electron chi connectivity index (χ1n) is 6.42. The van der Waals surface area contributed by atoms with Crippen LogP contribution in [0, 0.1) is 5.92 Å². The zero-order valence-corrected chi connectivity index (χ0v) is 11.0. The normalized spacial score (nSPS) is 20.6. The molecule has 116 valence electrons. The molecular formula is C12H18F3NO4. The molecule has 1 rings (SSSR count). The van der Waals surface area contributed by atoms with Gasteiger partial charge in [-0.1, -0.05) is 0 Å².